The monoisotopic (exact) mass is 433 g/mol. The van der Waals surface area contributed by atoms with Crippen LogP contribution in [0.3, 0.4) is 0 Å². The fraction of sp³-hybridized carbons (Fsp3) is 0.360. The molecule has 0 aromatic heterocycles. The number of nitrogens with one attached hydrogen (secondary N) is 1. The first kappa shape index (κ1) is 21.7. The van der Waals surface area contributed by atoms with Gasteiger partial charge in [0.2, 0.25) is 5.91 Å². The molecule has 2 aliphatic rings. The van der Waals surface area contributed by atoms with Gasteiger partial charge in [-0.2, -0.15) is 0 Å². The zero-order valence-corrected chi connectivity index (χ0v) is 18.3. The number of carbonyl (C=O) groups excluding carboxylic acids is 2. The SMILES string of the molecule is C#CCOc1cccc(CN2C[C@H](C(=O)N(C)C)[C@]3(COc4ccccc4C(=O)N3)C2)c1. The van der Waals surface area contributed by atoms with Crippen LogP contribution in [0.1, 0.15) is 15.9 Å². The van der Waals surface area contributed by atoms with Gasteiger partial charge in [0.25, 0.3) is 5.91 Å². The molecule has 1 fully saturated rings. The molecule has 166 valence electrons. The second-order valence-corrected chi connectivity index (χ2v) is 8.49. The molecule has 32 heavy (non-hydrogen) atoms. The molecule has 0 radical (unpaired) electrons. The van der Waals surface area contributed by atoms with Crippen LogP contribution in [0.5, 0.6) is 11.5 Å². The zero-order valence-electron chi connectivity index (χ0n) is 18.3. The highest BCUT2D eigenvalue weighted by Crippen LogP contribution is 2.35. The Labute approximate surface area is 188 Å². The topological polar surface area (TPSA) is 71.1 Å². The highest BCUT2D eigenvalue weighted by molar-refractivity contribution is 5.98. The van der Waals surface area contributed by atoms with E-state index in [-0.39, 0.29) is 25.0 Å². The van der Waals surface area contributed by atoms with Crippen molar-refractivity contribution in [3.05, 3.63) is 59.7 Å². The number of para-hydroxylation sites is 1. The third kappa shape index (κ3) is 4.27. The summed E-state index contributed by atoms with van der Waals surface area (Å²) in [5.41, 5.74) is 0.698. The minimum Gasteiger partial charge on any atom is -0.490 e. The van der Waals surface area contributed by atoms with Crippen molar-refractivity contribution >= 4 is 11.8 Å². The lowest BCUT2D eigenvalue weighted by Gasteiger charge is -2.34. The van der Waals surface area contributed by atoms with Gasteiger partial charge in [0.05, 0.1) is 17.0 Å². The molecule has 1 N–H and O–H groups in total. The van der Waals surface area contributed by atoms with E-state index in [9.17, 15) is 9.59 Å². The van der Waals surface area contributed by atoms with E-state index in [1.807, 2.05) is 30.3 Å². The van der Waals surface area contributed by atoms with Gasteiger partial charge < -0.3 is 19.7 Å². The number of hydrogen-bond acceptors (Lipinski definition) is 5. The fourth-order valence-corrected chi connectivity index (χ4v) is 4.46. The van der Waals surface area contributed by atoms with E-state index >= 15 is 0 Å². The highest BCUT2D eigenvalue weighted by atomic mass is 16.5. The van der Waals surface area contributed by atoms with E-state index in [0.29, 0.717) is 36.7 Å². The van der Waals surface area contributed by atoms with Crippen LogP contribution in [0, 0.1) is 18.3 Å². The maximum absolute atomic E-state index is 13.1. The minimum absolute atomic E-state index is 0.0338. The average Bonchev–Trinajstić information content (AvgIpc) is 3.05. The number of carbonyl (C=O) groups is 2. The number of nitrogens with zero attached hydrogens (tertiary/aromatic N) is 2. The van der Waals surface area contributed by atoms with Gasteiger partial charge in [0.1, 0.15) is 24.7 Å². The predicted molar refractivity (Wildman–Crippen MR) is 120 cm³/mol. The van der Waals surface area contributed by atoms with Gasteiger partial charge in [0.15, 0.2) is 0 Å². The summed E-state index contributed by atoms with van der Waals surface area (Å²) in [6.45, 7) is 2.04. The molecule has 2 atom stereocenters. The van der Waals surface area contributed by atoms with E-state index in [1.54, 1.807) is 37.2 Å². The molecule has 0 bridgehead atoms. The summed E-state index contributed by atoms with van der Waals surface area (Å²) in [6, 6.07) is 14.9. The van der Waals surface area contributed by atoms with Crippen LogP contribution in [0.2, 0.25) is 0 Å². The number of terminal acetylenes is 1. The fourth-order valence-electron chi connectivity index (χ4n) is 4.46. The lowest BCUT2D eigenvalue weighted by molar-refractivity contribution is -0.134. The van der Waals surface area contributed by atoms with Crippen molar-refractivity contribution in [2.24, 2.45) is 5.92 Å². The molecule has 2 amide bonds. The van der Waals surface area contributed by atoms with Crippen LogP contribution >= 0.6 is 0 Å². The van der Waals surface area contributed by atoms with Crippen LogP contribution < -0.4 is 14.8 Å². The molecular weight excluding hydrogens is 406 g/mol. The number of likely N-dealkylation sites (tertiary alicyclic amines) is 1. The molecule has 7 nitrogen and oxygen atoms in total. The predicted octanol–water partition coefficient (Wildman–Crippen LogP) is 1.78. The summed E-state index contributed by atoms with van der Waals surface area (Å²) in [7, 11) is 3.47. The van der Waals surface area contributed by atoms with Gasteiger partial charge in [0, 0.05) is 33.7 Å². The largest absolute Gasteiger partial charge is 0.490 e. The van der Waals surface area contributed by atoms with Gasteiger partial charge in [-0.15, -0.1) is 6.42 Å². The Hall–Kier alpha value is -3.50. The van der Waals surface area contributed by atoms with Crippen molar-refractivity contribution in [1.29, 1.82) is 0 Å². The van der Waals surface area contributed by atoms with Crippen molar-refractivity contribution < 1.29 is 19.1 Å². The van der Waals surface area contributed by atoms with E-state index in [4.69, 9.17) is 15.9 Å². The standard InChI is InChI=1S/C25H27N3O4/c1-4-12-31-19-9-7-8-18(13-19)14-28-15-21(24(30)27(2)3)25(16-28)17-32-22-11-6-5-10-20(22)23(29)26-25/h1,5-11,13,21H,12,14-17H2,2-3H3,(H,26,29)/t21-,25-/m1/s1. The summed E-state index contributed by atoms with van der Waals surface area (Å²) in [5.74, 6) is 3.02. The molecule has 0 unspecified atom stereocenters. The molecule has 1 saturated heterocycles. The molecule has 4 rings (SSSR count). The van der Waals surface area contributed by atoms with Gasteiger partial charge in [-0.05, 0) is 29.8 Å². The quantitative estimate of drug-likeness (QED) is 0.728. The lowest BCUT2D eigenvalue weighted by Crippen LogP contribution is -2.60. The Bertz CT molecular complexity index is 1060. The lowest BCUT2D eigenvalue weighted by atomic mass is 9.86. The van der Waals surface area contributed by atoms with Crippen molar-refractivity contribution in [1.82, 2.24) is 15.1 Å². The van der Waals surface area contributed by atoms with Gasteiger partial charge in [-0.25, -0.2) is 0 Å². The van der Waals surface area contributed by atoms with Crippen LogP contribution in [0.4, 0.5) is 0 Å². The Morgan fingerprint density at radius 3 is 2.91 bits per heavy atom. The third-order valence-corrected chi connectivity index (χ3v) is 5.96. The van der Waals surface area contributed by atoms with E-state index in [0.717, 1.165) is 5.56 Å². The number of benzene rings is 2. The molecule has 2 aromatic rings. The molecule has 2 heterocycles. The molecule has 7 heteroatoms. The van der Waals surface area contributed by atoms with Crippen molar-refractivity contribution in [3.63, 3.8) is 0 Å². The second-order valence-electron chi connectivity index (χ2n) is 8.49. The smallest absolute Gasteiger partial charge is 0.255 e. The molecule has 0 saturated carbocycles. The summed E-state index contributed by atoms with van der Waals surface area (Å²) in [4.78, 5) is 29.9. The Balaban J connectivity index is 1.59. The Kier molecular flexibility index (Phi) is 6.06. The Morgan fingerprint density at radius 2 is 2.12 bits per heavy atom. The van der Waals surface area contributed by atoms with Crippen molar-refractivity contribution in [2.45, 2.75) is 12.1 Å². The number of hydrogen-bond donors (Lipinski definition) is 1. The van der Waals surface area contributed by atoms with Gasteiger partial charge >= 0.3 is 0 Å². The molecule has 1 spiro atoms. The zero-order chi connectivity index (χ0) is 22.7. The first-order valence-electron chi connectivity index (χ1n) is 10.5. The summed E-state index contributed by atoms with van der Waals surface area (Å²) in [5, 5.41) is 3.15. The maximum Gasteiger partial charge on any atom is 0.255 e. The van der Waals surface area contributed by atoms with Crippen LogP contribution in [0.25, 0.3) is 0 Å². The second kappa shape index (κ2) is 8.93. The Morgan fingerprint density at radius 1 is 1.31 bits per heavy atom. The van der Waals surface area contributed by atoms with E-state index < -0.39 is 11.5 Å². The van der Waals surface area contributed by atoms with E-state index in [1.165, 1.54) is 0 Å². The number of rotatable bonds is 5. The van der Waals surface area contributed by atoms with Crippen molar-refractivity contribution in [3.8, 4) is 23.8 Å². The summed E-state index contributed by atoms with van der Waals surface area (Å²) >= 11 is 0. The normalized spacial score (nSPS) is 22.3. The summed E-state index contributed by atoms with van der Waals surface area (Å²) < 4.78 is 11.6. The number of amides is 2. The maximum atomic E-state index is 13.1. The molecule has 2 aliphatic heterocycles. The molecular formula is C25H27N3O4. The third-order valence-electron chi connectivity index (χ3n) is 5.96. The molecule has 0 aliphatic carbocycles. The van der Waals surface area contributed by atoms with E-state index in [2.05, 4.69) is 16.1 Å². The minimum atomic E-state index is -0.824. The number of ether oxygens (including phenoxy) is 2. The van der Waals surface area contributed by atoms with Crippen LogP contribution in [0.15, 0.2) is 48.5 Å². The highest BCUT2D eigenvalue weighted by Gasteiger charge is 2.53. The van der Waals surface area contributed by atoms with Crippen LogP contribution in [-0.2, 0) is 11.3 Å². The van der Waals surface area contributed by atoms with Gasteiger partial charge in [-0.3, -0.25) is 14.5 Å². The number of fused-ring (bicyclic) bond motifs is 1. The average molecular weight is 434 g/mol. The van der Waals surface area contributed by atoms with Crippen molar-refractivity contribution in [2.75, 3.05) is 40.4 Å². The first-order valence-corrected chi connectivity index (χ1v) is 10.5. The van der Waals surface area contributed by atoms with Crippen LogP contribution in [-0.4, -0.2) is 67.6 Å². The molecule has 2 aromatic carbocycles. The van der Waals surface area contributed by atoms with Gasteiger partial charge in [-0.1, -0.05) is 30.2 Å². The first-order chi connectivity index (χ1) is 15.4. The summed E-state index contributed by atoms with van der Waals surface area (Å²) in [6.07, 6.45) is 5.28.